The smallest absolute Gasteiger partial charge is 0.236 e. The third-order valence-corrected chi connectivity index (χ3v) is 5.74. The Labute approximate surface area is 169 Å². The first-order chi connectivity index (χ1) is 13.7. The maximum Gasteiger partial charge on any atom is 0.236 e. The van der Waals surface area contributed by atoms with E-state index in [1.807, 2.05) is 42.3 Å². The molecule has 156 valence electrons. The van der Waals surface area contributed by atoms with Gasteiger partial charge in [0.1, 0.15) is 5.75 Å². The van der Waals surface area contributed by atoms with E-state index in [1.54, 1.807) is 0 Å². The van der Waals surface area contributed by atoms with Gasteiger partial charge in [0, 0.05) is 39.3 Å². The van der Waals surface area contributed by atoms with Gasteiger partial charge < -0.3 is 14.4 Å². The van der Waals surface area contributed by atoms with Crippen LogP contribution in [-0.4, -0.2) is 92.8 Å². The number of likely N-dealkylation sites (N-methyl/N-ethyl adjacent to an activating group) is 1. The van der Waals surface area contributed by atoms with E-state index in [0.717, 1.165) is 58.1 Å². The molecule has 1 aromatic carbocycles. The highest BCUT2D eigenvalue weighted by Crippen LogP contribution is 2.18. The number of amides is 1. The Morgan fingerprint density at radius 2 is 1.96 bits per heavy atom. The Hall–Kier alpha value is -1.63. The summed E-state index contributed by atoms with van der Waals surface area (Å²) in [5.74, 6) is 1.10. The monoisotopic (exact) mass is 389 g/mol. The zero-order chi connectivity index (χ0) is 19.6. The molecule has 2 saturated heterocycles. The maximum atomic E-state index is 12.7. The van der Waals surface area contributed by atoms with Crippen LogP contribution in [0.4, 0.5) is 0 Å². The maximum absolute atomic E-state index is 12.7. The Kier molecular flexibility index (Phi) is 8.58. The molecule has 3 rings (SSSR count). The highest BCUT2D eigenvalue weighted by Gasteiger charge is 2.27. The molecule has 0 spiro atoms. The first kappa shape index (κ1) is 21.1. The van der Waals surface area contributed by atoms with Gasteiger partial charge >= 0.3 is 0 Å². The van der Waals surface area contributed by atoms with Crippen molar-refractivity contribution in [1.29, 1.82) is 0 Å². The SMILES string of the molecule is CN(CCCOc1ccccc1)C(=O)CN1CCCCC1CN1CCOCC1. The average Bonchev–Trinajstić information content (AvgIpc) is 2.74. The molecule has 0 radical (unpaired) electrons. The summed E-state index contributed by atoms with van der Waals surface area (Å²) in [6.07, 6.45) is 4.50. The average molecular weight is 390 g/mol. The largest absolute Gasteiger partial charge is 0.494 e. The Morgan fingerprint density at radius 3 is 2.75 bits per heavy atom. The number of rotatable bonds is 9. The van der Waals surface area contributed by atoms with Crippen molar-refractivity contribution in [1.82, 2.24) is 14.7 Å². The number of para-hydroxylation sites is 1. The number of nitrogens with zero attached hydrogens (tertiary/aromatic N) is 3. The second kappa shape index (κ2) is 11.4. The molecule has 28 heavy (non-hydrogen) atoms. The van der Waals surface area contributed by atoms with Crippen molar-refractivity contribution in [2.24, 2.45) is 0 Å². The van der Waals surface area contributed by atoms with Crippen LogP contribution in [0.3, 0.4) is 0 Å². The number of ether oxygens (including phenoxy) is 2. The van der Waals surface area contributed by atoms with Crippen LogP contribution < -0.4 is 4.74 Å². The molecule has 2 fully saturated rings. The van der Waals surface area contributed by atoms with E-state index >= 15 is 0 Å². The van der Waals surface area contributed by atoms with E-state index in [-0.39, 0.29) is 5.91 Å². The third kappa shape index (κ3) is 6.76. The Bertz CT molecular complexity index is 578. The topological polar surface area (TPSA) is 45.2 Å². The fourth-order valence-electron chi connectivity index (χ4n) is 3.98. The number of morpholine rings is 1. The summed E-state index contributed by atoms with van der Waals surface area (Å²) in [4.78, 5) is 19.5. The van der Waals surface area contributed by atoms with Crippen LogP contribution in [0.25, 0.3) is 0 Å². The normalized spacial score (nSPS) is 21.4. The van der Waals surface area contributed by atoms with Crippen molar-refractivity contribution in [3.63, 3.8) is 0 Å². The van der Waals surface area contributed by atoms with Gasteiger partial charge in [-0.15, -0.1) is 0 Å². The van der Waals surface area contributed by atoms with Crippen LogP contribution in [0.5, 0.6) is 5.75 Å². The van der Waals surface area contributed by atoms with Crippen molar-refractivity contribution in [3.05, 3.63) is 30.3 Å². The summed E-state index contributed by atoms with van der Waals surface area (Å²) in [5, 5.41) is 0. The minimum atomic E-state index is 0.216. The highest BCUT2D eigenvalue weighted by molar-refractivity contribution is 5.78. The van der Waals surface area contributed by atoms with Gasteiger partial charge in [0.15, 0.2) is 0 Å². The molecule has 6 heteroatoms. The summed E-state index contributed by atoms with van der Waals surface area (Å²) < 4.78 is 11.2. The molecule has 1 atom stereocenters. The molecular weight excluding hydrogens is 354 g/mol. The van der Waals surface area contributed by atoms with Gasteiger partial charge in [-0.3, -0.25) is 14.6 Å². The molecule has 1 amide bonds. The zero-order valence-corrected chi connectivity index (χ0v) is 17.2. The van der Waals surface area contributed by atoms with Crippen LogP contribution in [-0.2, 0) is 9.53 Å². The van der Waals surface area contributed by atoms with Crippen molar-refractivity contribution in [2.75, 3.05) is 66.1 Å². The molecule has 2 heterocycles. The van der Waals surface area contributed by atoms with Crippen LogP contribution in [0.2, 0.25) is 0 Å². The minimum absolute atomic E-state index is 0.216. The summed E-state index contributed by atoms with van der Waals surface area (Å²) in [7, 11) is 1.91. The predicted octanol–water partition coefficient (Wildman–Crippen LogP) is 2.10. The van der Waals surface area contributed by atoms with Gasteiger partial charge in [-0.1, -0.05) is 24.6 Å². The third-order valence-electron chi connectivity index (χ3n) is 5.74. The van der Waals surface area contributed by atoms with Gasteiger partial charge in [-0.25, -0.2) is 0 Å². The zero-order valence-electron chi connectivity index (χ0n) is 17.2. The number of piperidine rings is 1. The van der Waals surface area contributed by atoms with Crippen molar-refractivity contribution < 1.29 is 14.3 Å². The van der Waals surface area contributed by atoms with E-state index in [1.165, 1.54) is 19.3 Å². The summed E-state index contributed by atoms with van der Waals surface area (Å²) in [6.45, 7) is 7.68. The molecule has 1 aromatic rings. The fraction of sp³-hybridized carbons (Fsp3) is 0.682. The fourth-order valence-corrected chi connectivity index (χ4v) is 3.98. The lowest BCUT2D eigenvalue weighted by atomic mass is 10.0. The minimum Gasteiger partial charge on any atom is -0.494 e. The lowest BCUT2D eigenvalue weighted by Gasteiger charge is -2.39. The Balaban J connectivity index is 1.38. The van der Waals surface area contributed by atoms with Crippen molar-refractivity contribution >= 4 is 5.91 Å². The summed E-state index contributed by atoms with van der Waals surface area (Å²) in [6, 6.07) is 10.3. The number of carbonyl (C=O) groups excluding carboxylic acids is 1. The Morgan fingerprint density at radius 1 is 1.18 bits per heavy atom. The molecule has 1 unspecified atom stereocenters. The van der Waals surface area contributed by atoms with Crippen LogP contribution >= 0.6 is 0 Å². The molecule has 0 aliphatic carbocycles. The number of hydrogen-bond acceptors (Lipinski definition) is 5. The standard InChI is InChI=1S/C22H35N3O3/c1-23(11-7-15-28-21-9-3-2-4-10-21)22(26)19-25-12-6-5-8-20(25)18-24-13-16-27-17-14-24/h2-4,9-10,20H,5-8,11-19H2,1H3. The molecule has 0 saturated carbocycles. The number of carbonyl (C=O) groups is 1. The molecule has 0 aromatic heterocycles. The van der Waals surface area contributed by atoms with Gasteiger partial charge in [0.05, 0.1) is 26.4 Å². The van der Waals surface area contributed by atoms with Crippen LogP contribution in [0, 0.1) is 0 Å². The van der Waals surface area contributed by atoms with E-state index < -0.39 is 0 Å². The molecule has 0 N–H and O–H groups in total. The first-order valence-electron chi connectivity index (χ1n) is 10.7. The van der Waals surface area contributed by atoms with Gasteiger partial charge in [0.2, 0.25) is 5.91 Å². The van der Waals surface area contributed by atoms with Crippen molar-refractivity contribution in [2.45, 2.75) is 31.7 Å². The quantitative estimate of drug-likeness (QED) is 0.605. The first-order valence-corrected chi connectivity index (χ1v) is 10.7. The highest BCUT2D eigenvalue weighted by atomic mass is 16.5. The summed E-state index contributed by atoms with van der Waals surface area (Å²) in [5.41, 5.74) is 0. The number of likely N-dealkylation sites (tertiary alicyclic amines) is 1. The van der Waals surface area contributed by atoms with Crippen LogP contribution in [0.15, 0.2) is 30.3 Å². The lowest BCUT2D eigenvalue weighted by molar-refractivity contribution is -0.132. The van der Waals surface area contributed by atoms with Crippen molar-refractivity contribution in [3.8, 4) is 5.75 Å². The molecular formula is C22H35N3O3. The number of benzene rings is 1. The van der Waals surface area contributed by atoms with Crippen LogP contribution in [0.1, 0.15) is 25.7 Å². The van der Waals surface area contributed by atoms with E-state index in [9.17, 15) is 4.79 Å². The van der Waals surface area contributed by atoms with E-state index in [2.05, 4.69) is 9.80 Å². The van der Waals surface area contributed by atoms with Gasteiger partial charge in [-0.2, -0.15) is 0 Å². The van der Waals surface area contributed by atoms with E-state index in [4.69, 9.17) is 9.47 Å². The molecule has 0 bridgehead atoms. The predicted molar refractivity (Wildman–Crippen MR) is 111 cm³/mol. The van der Waals surface area contributed by atoms with Gasteiger partial charge in [0.25, 0.3) is 0 Å². The molecule has 2 aliphatic heterocycles. The second-order valence-corrected chi connectivity index (χ2v) is 7.86. The van der Waals surface area contributed by atoms with Gasteiger partial charge in [-0.05, 0) is 37.9 Å². The van der Waals surface area contributed by atoms with E-state index in [0.29, 0.717) is 19.2 Å². The number of hydrogen-bond donors (Lipinski definition) is 0. The molecule has 2 aliphatic rings. The lowest BCUT2D eigenvalue weighted by Crippen LogP contribution is -2.52. The second-order valence-electron chi connectivity index (χ2n) is 7.86. The summed E-state index contributed by atoms with van der Waals surface area (Å²) >= 11 is 0. The molecule has 6 nitrogen and oxygen atoms in total.